The van der Waals surface area contributed by atoms with Crippen molar-refractivity contribution in [2.75, 3.05) is 19.8 Å². The first-order valence-corrected chi connectivity index (χ1v) is 11.4. The Hall–Kier alpha value is -0.610. The normalized spacial score (nSPS) is 47.8. The van der Waals surface area contributed by atoms with Crippen molar-refractivity contribution in [3.63, 3.8) is 0 Å². The standard InChI is InChI=1S/C21H32O4.C2H6/c1-19-8-7-18(22)23-13-14(19)3-4-15-16(19)5-9-20(2)17(15)6-10-21(20)24-11-12-25-21;1-2/h14-17H,3-13H2,1-2H3;1-2H3. The van der Waals surface area contributed by atoms with E-state index in [9.17, 15) is 4.79 Å². The number of ether oxygens (including phenoxy) is 3. The van der Waals surface area contributed by atoms with Crippen molar-refractivity contribution in [2.45, 2.75) is 84.8 Å². The first-order valence-electron chi connectivity index (χ1n) is 11.4. The monoisotopic (exact) mass is 378 g/mol. The lowest BCUT2D eigenvalue weighted by molar-refractivity contribution is -0.246. The number of hydrogen-bond donors (Lipinski definition) is 0. The van der Waals surface area contributed by atoms with Crippen LogP contribution < -0.4 is 0 Å². The topological polar surface area (TPSA) is 44.8 Å². The highest BCUT2D eigenvalue weighted by atomic mass is 16.7. The van der Waals surface area contributed by atoms with Gasteiger partial charge in [0, 0.05) is 18.3 Å². The van der Waals surface area contributed by atoms with Crippen LogP contribution in [0.25, 0.3) is 0 Å². The Morgan fingerprint density at radius 2 is 1.59 bits per heavy atom. The van der Waals surface area contributed by atoms with E-state index in [1.54, 1.807) is 0 Å². The summed E-state index contributed by atoms with van der Waals surface area (Å²) in [6.45, 7) is 11.1. The van der Waals surface area contributed by atoms with Crippen molar-refractivity contribution in [3.8, 4) is 0 Å². The summed E-state index contributed by atoms with van der Waals surface area (Å²) in [7, 11) is 0. The van der Waals surface area contributed by atoms with E-state index in [2.05, 4.69) is 13.8 Å². The lowest BCUT2D eigenvalue weighted by atomic mass is 9.46. The van der Waals surface area contributed by atoms with Crippen molar-refractivity contribution < 1.29 is 19.0 Å². The van der Waals surface area contributed by atoms with E-state index >= 15 is 0 Å². The number of esters is 1. The van der Waals surface area contributed by atoms with E-state index in [0.29, 0.717) is 24.9 Å². The molecule has 5 aliphatic rings. The van der Waals surface area contributed by atoms with Gasteiger partial charge in [0.2, 0.25) is 0 Å². The van der Waals surface area contributed by atoms with Crippen LogP contribution in [0.5, 0.6) is 0 Å². The van der Waals surface area contributed by atoms with Crippen LogP contribution in [0.15, 0.2) is 0 Å². The zero-order chi connectivity index (χ0) is 19.3. The molecule has 3 aliphatic carbocycles. The molecule has 0 aromatic heterocycles. The van der Waals surface area contributed by atoms with Gasteiger partial charge >= 0.3 is 5.97 Å². The second kappa shape index (κ2) is 7.02. The Labute approximate surface area is 164 Å². The van der Waals surface area contributed by atoms with E-state index < -0.39 is 0 Å². The van der Waals surface area contributed by atoms with Gasteiger partial charge < -0.3 is 14.2 Å². The third-order valence-electron chi connectivity index (χ3n) is 9.18. The lowest BCUT2D eigenvalue weighted by Gasteiger charge is -2.59. The van der Waals surface area contributed by atoms with Crippen LogP contribution in [0.3, 0.4) is 0 Å². The quantitative estimate of drug-likeness (QED) is 0.559. The van der Waals surface area contributed by atoms with Gasteiger partial charge in [0.15, 0.2) is 5.79 Å². The van der Waals surface area contributed by atoms with Gasteiger partial charge in [0.05, 0.1) is 19.8 Å². The van der Waals surface area contributed by atoms with Gasteiger partial charge in [-0.2, -0.15) is 0 Å². The van der Waals surface area contributed by atoms with Crippen LogP contribution in [0.4, 0.5) is 0 Å². The molecule has 5 rings (SSSR count). The van der Waals surface area contributed by atoms with Crippen LogP contribution in [-0.4, -0.2) is 31.6 Å². The molecule has 5 fully saturated rings. The molecule has 1 spiro atoms. The minimum atomic E-state index is -0.303. The minimum absolute atomic E-state index is 0.0143. The lowest BCUT2D eigenvalue weighted by Crippen LogP contribution is -2.56. The van der Waals surface area contributed by atoms with Crippen molar-refractivity contribution in [1.29, 1.82) is 0 Å². The zero-order valence-corrected chi connectivity index (χ0v) is 17.7. The average molecular weight is 379 g/mol. The molecule has 0 aromatic carbocycles. The SMILES string of the molecule is CC.CC12CCC(=O)OCC1CCC1C2CCC2(C)C1CCC21OCCO1. The largest absolute Gasteiger partial charge is 0.465 e. The van der Waals surface area contributed by atoms with Gasteiger partial charge in [-0.3, -0.25) is 4.79 Å². The molecule has 2 heterocycles. The summed E-state index contributed by atoms with van der Waals surface area (Å²) in [5.74, 6) is 2.47. The Morgan fingerprint density at radius 1 is 0.889 bits per heavy atom. The smallest absolute Gasteiger partial charge is 0.305 e. The Bertz CT molecular complexity index is 569. The first-order chi connectivity index (χ1) is 13.0. The molecule has 0 bridgehead atoms. The van der Waals surface area contributed by atoms with Gasteiger partial charge in [-0.1, -0.05) is 27.7 Å². The molecule has 4 nitrogen and oxygen atoms in total. The fraction of sp³-hybridized carbons (Fsp3) is 0.957. The molecule has 6 atom stereocenters. The first kappa shape index (κ1) is 19.7. The number of fused-ring (bicyclic) bond motifs is 6. The molecular weight excluding hydrogens is 340 g/mol. The molecule has 0 N–H and O–H groups in total. The summed E-state index contributed by atoms with van der Waals surface area (Å²) in [6.07, 6.45) is 8.90. The zero-order valence-electron chi connectivity index (χ0n) is 17.7. The Kier molecular flexibility index (Phi) is 5.12. The number of carbonyl (C=O) groups excluding carboxylic acids is 1. The van der Waals surface area contributed by atoms with Crippen molar-refractivity contribution in [2.24, 2.45) is 34.5 Å². The molecule has 0 amide bonds. The van der Waals surface area contributed by atoms with Gasteiger partial charge in [-0.05, 0) is 67.6 Å². The van der Waals surface area contributed by atoms with E-state index in [-0.39, 0.29) is 22.6 Å². The predicted octanol–water partition coefficient (Wildman–Crippen LogP) is 4.95. The second-order valence-corrected chi connectivity index (χ2v) is 9.78. The predicted molar refractivity (Wildman–Crippen MR) is 104 cm³/mol. The van der Waals surface area contributed by atoms with E-state index in [1.807, 2.05) is 13.8 Å². The molecular formula is C23H38O4. The summed E-state index contributed by atoms with van der Waals surface area (Å²) < 4.78 is 18.0. The highest BCUT2D eigenvalue weighted by molar-refractivity contribution is 5.69. The molecule has 0 aromatic rings. The summed E-state index contributed by atoms with van der Waals surface area (Å²) in [5.41, 5.74) is 0.439. The molecule has 2 saturated heterocycles. The van der Waals surface area contributed by atoms with Crippen molar-refractivity contribution in [3.05, 3.63) is 0 Å². The Morgan fingerprint density at radius 3 is 2.33 bits per heavy atom. The highest BCUT2D eigenvalue weighted by Gasteiger charge is 2.67. The number of rotatable bonds is 0. The summed E-state index contributed by atoms with van der Waals surface area (Å²) in [6, 6.07) is 0. The van der Waals surface area contributed by atoms with E-state index in [0.717, 1.165) is 37.9 Å². The third kappa shape index (κ3) is 2.73. The van der Waals surface area contributed by atoms with Gasteiger partial charge in [-0.25, -0.2) is 0 Å². The summed E-state index contributed by atoms with van der Waals surface area (Å²) in [4.78, 5) is 11.9. The molecule has 3 saturated carbocycles. The number of cyclic esters (lactones) is 1. The fourth-order valence-electron chi connectivity index (χ4n) is 7.72. The van der Waals surface area contributed by atoms with Gasteiger partial charge in [0.1, 0.15) is 0 Å². The minimum Gasteiger partial charge on any atom is -0.465 e. The Balaban J connectivity index is 0.000000872. The molecule has 4 heteroatoms. The van der Waals surface area contributed by atoms with Crippen LogP contribution in [0.2, 0.25) is 0 Å². The van der Waals surface area contributed by atoms with Gasteiger partial charge in [0.25, 0.3) is 0 Å². The summed E-state index contributed by atoms with van der Waals surface area (Å²) >= 11 is 0. The van der Waals surface area contributed by atoms with Crippen LogP contribution >= 0.6 is 0 Å². The van der Waals surface area contributed by atoms with Crippen molar-refractivity contribution >= 4 is 5.97 Å². The molecule has 154 valence electrons. The van der Waals surface area contributed by atoms with Gasteiger partial charge in [-0.15, -0.1) is 0 Å². The molecule has 2 aliphatic heterocycles. The second-order valence-electron chi connectivity index (χ2n) is 9.78. The average Bonchev–Trinajstić information content (AvgIpc) is 3.23. The van der Waals surface area contributed by atoms with Crippen LogP contribution in [-0.2, 0) is 19.0 Å². The van der Waals surface area contributed by atoms with Crippen LogP contribution in [0, 0.1) is 34.5 Å². The molecule has 0 radical (unpaired) electrons. The maximum atomic E-state index is 11.9. The summed E-state index contributed by atoms with van der Waals surface area (Å²) in [5, 5.41) is 0. The highest BCUT2D eigenvalue weighted by Crippen LogP contribution is 2.68. The number of carbonyl (C=O) groups is 1. The van der Waals surface area contributed by atoms with E-state index in [4.69, 9.17) is 14.2 Å². The maximum Gasteiger partial charge on any atom is 0.305 e. The molecule has 27 heavy (non-hydrogen) atoms. The fourth-order valence-corrected chi connectivity index (χ4v) is 7.72. The maximum absolute atomic E-state index is 11.9. The number of hydrogen-bond acceptors (Lipinski definition) is 4. The van der Waals surface area contributed by atoms with Crippen LogP contribution in [0.1, 0.15) is 79.1 Å². The molecule has 6 unspecified atom stereocenters. The van der Waals surface area contributed by atoms with E-state index in [1.165, 1.54) is 32.1 Å². The third-order valence-corrected chi connectivity index (χ3v) is 9.18. The van der Waals surface area contributed by atoms with Crippen molar-refractivity contribution in [1.82, 2.24) is 0 Å².